The van der Waals surface area contributed by atoms with Crippen LogP contribution in [0.3, 0.4) is 0 Å². The topological polar surface area (TPSA) is 15.7 Å². The van der Waals surface area contributed by atoms with Gasteiger partial charge in [-0.2, -0.15) is 0 Å². The summed E-state index contributed by atoms with van der Waals surface area (Å²) in [6.07, 6.45) is 0. The Bertz CT molecular complexity index is 207. The molecule has 0 N–H and O–H groups in total. The van der Waals surface area contributed by atoms with Crippen molar-refractivity contribution in [2.45, 2.75) is 66.5 Å². The molecule has 0 unspecified atom stereocenters. The number of rotatable bonds is 10. The zero-order chi connectivity index (χ0) is 15.1. The lowest BCUT2D eigenvalue weighted by molar-refractivity contribution is -0.0305. The summed E-state index contributed by atoms with van der Waals surface area (Å²) in [5.74, 6) is 0. The molecule has 0 atom stereocenters. The van der Waals surface area contributed by atoms with Crippen LogP contribution in [0.1, 0.15) is 55.4 Å². The molecule has 0 aliphatic rings. The van der Waals surface area contributed by atoms with Gasteiger partial charge in [0.2, 0.25) is 0 Å². The zero-order valence-corrected chi connectivity index (χ0v) is 14.5. The molecule has 0 radical (unpaired) electrons. The highest BCUT2D eigenvalue weighted by Crippen LogP contribution is 2.18. The molecule has 0 aliphatic heterocycles. The van der Waals surface area contributed by atoms with Crippen LogP contribution in [0.25, 0.3) is 0 Å². The maximum absolute atomic E-state index is 6.05. The molecule has 0 aromatic rings. The number of ether oxygens (including phenoxy) is 1. The van der Waals surface area contributed by atoms with E-state index in [1.54, 1.807) is 0 Å². The molecule has 0 rings (SSSR count). The van der Waals surface area contributed by atoms with Crippen LogP contribution in [0, 0.1) is 0 Å². The Labute approximate surface area is 121 Å². The average molecular weight is 272 g/mol. The van der Waals surface area contributed by atoms with Gasteiger partial charge in [0.15, 0.2) is 0 Å². The fourth-order valence-corrected chi connectivity index (χ4v) is 2.89. The molecule has 116 valence electrons. The third-order valence-electron chi connectivity index (χ3n) is 4.15. The second kappa shape index (κ2) is 8.23. The fourth-order valence-electron chi connectivity index (χ4n) is 2.89. The quantitative estimate of drug-likeness (QED) is 0.607. The monoisotopic (exact) mass is 272 g/mol. The van der Waals surface area contributed by atoms with Crippen LogP contribution in [-0.2, 0) is 4.74 Å². The van der Waals surface area contributed by atoms with Crippen molar-refractivity contribution in [2.24, 2.45) is 0 Å². The Morgan fingerprint density at radius 1 is 0.632 bits per heavy atom. The van der Waals surface area contributed by atoms with E-state index < -0.39 is 0 Å². The van der Waals surface area contributed by atoms with E-state index in [-0.39, 0.29) is 11.1 Å². The van der Waals surface area contributed by atoms with E-state index in [1.165, 1.54) is 0 Å². The van der Waals surface area contributed by atoms with Gasteiger partial charge < -0.3 is 4.74 Å². The molecular formula is C16H36N2O. The first-order valence-electron chi connectivity index (χ1n) is 7.83. The largest absolute Gasteiger partial charge is 0.378 e. The molecule has 3 heteroatoms. The first-order chi connectivity index (χ1) is 8.75. The summed E-state index contributed by atoms with van der Waals surface area (Å²) in [5, 5.41) is 0. The second-order valence-corrected chi connectivity index (χ2v) is 6.46. The molecule has 0 saturated carbocycles. The van der Waals surface area contributed by atoms with E-state index in [2.05, 4.69) is 65.2 Å². The van der Waals surface area contributed by atoms with Gasteiger partial charge in [-0.15, -0.1) is 0 Å². The number of hydrogen-bond acceptors (Lipinski definition) is 3. The SMILES string of the molecule is CCN(CC)C(C)(C)COCC(C)(C)N(CC)CC. The Balaban J connectivity index is 4.35. The minimum Gasteiger partial charge on any atom is -0.378 e. The third-order valence-corrected chi connectivity index (χ3v) is 4.15. The van der Waals surface area contributed by atoms with Gasteiger partial charge in [-0.3, -0.25) is 9.80 Å². The molecule has 0 spiro atoms. The second-order valence-electron chi connectivity index (χ2n) is 6.46. The Kier molecular flexibility index (Phi) is 8.18. The number of hydrogen-bond donors (Lipinski definition) is 0. The highest BCUT2D eigenvalue weighted by molar-refractivity contribution is 4.83. The summed E-state index contributed by atoms with van der Waals surface area (Å²) < 4.78 is 6.05. The molecule has 19 heavy (non-hydrogen) atoms. The first kappa shape index (κ1) is 18.9. The van der Waals surface area contributed by atoms with E-state index in [0.717, 1.165) is 39.4 Å². The van der Waals surface area contributed by atoms with Gasteiger partial charge in [0, 0.05) is 11.1 Å². The lowest BCUT2D eigenvalue weighted by atomic mass is 10.0. The van der Waals surface area contributed by atoms with Crippen molar-refractivity contribution >= 4 is 0 Å². The maximum Gasteiger partial charge on any atom is 0.0645 e. The average Bonchev–Trinajstić information content (AvgIpc) is 2.30. The first-order valence-corrected chi connectivity index (χ1v) is 7.83. The predicted octanol–water partition coefficient (Wildman–Crippen LogP) is 3.24. The standard InChI is InChI=1S/C16H36N2O/c1-9-17(10-2)15(5,6)13-19-14-16(7,8)18(11-3)12-4/h9-14H2,1-8H3. The molecule has 0 aliphatic carbocycles. The van der Waals surface area contributed by atoms with Gasteiger partial charge in [-0.05, 0) is 53.9 Å². The van der Waals surface area contributed by atoms with Crippen molar-refractivity contribution in [2.75, 3.05) is 39.4 Å². The molecule has 3 nitrogen and oxygen atoms in total. The predicted molar refractivity (Wildman–Crippen MR) is 84.8 cm³/mol. The van der Waals surface area contributed by atoms with Crippen LogP contribution in [0.2, 0.25) is 0 Å². The van der Waals surface area contributed by atoms with Crippen molar-refractivity contribution in [3.63, 3.8) is 0 Å². The van der Waals surface area contributed by atoms with E-state index in [1.807, 2.05) is 0 Å². The molecule has 0 fully saturated rings. The Morgan fingerprint density at radius 3 is 1.11 bits per heavy atom. The third kappa shape index (κ3) is 5.80. The van der Waals surface area contributed by atoms with Crippen molar-refractivity contribution < 1.29 is 4.74 Å². The maximum atomic E-state index is 6.05. The van der Waals surface area contributed by atoms with Crippen LogP contribution in [0.4, 0.5) is 0 Å². The Morgan fingerprint density at radius 2 is 0.895 bits per heavy atom. The smallest absolute Gasteiger partial charge is 0.0645 e. The van der Waals surface area contributed by atoms with Gasteiger partial charge >= 0.3 is 0 Å². The summed E-state index contributed by atoms with van der Waals surface area (Å²) in [6, 6.07) is 0. The van der Waals surface area contributed by atoms with Crippen molar-refractivity contribution in [1.82, 2.24) is 9.80 Å². The molecule has 0 aromatic carbocycles. The fraction of sp³-hybridized carbons (Fsp3) is 1.00. The molecule has 0 saturated heterocycles. The number of likely N-dealkylation sites (N-methyl/N-ethyl adjacent to an activating group) is 2. The van der Waals surface area contributed by atoms with Gasteiger partial charge in [-0.25, -0.2) is 0 Å². The van der Waals surface area contributed by atoms with Gasteiger partial charge in [0.25, 0.3) is 0 Å². The lowest BCUT2D eigenvalue weighted by Gasteiger charge is -2.40. The van der Waals surface area contributed by atoms with Gasteiger partial charge in [-0.1, -0.05) is 27.7 Å². The van der Waals surface area contributed by atoms with E-state index in [4.69, 9.17) is 4.74 Å². The normalized spacial score (nSPS) is 13.6. The molecule has 0 heterocycles. The van der Waals surface area contributed by atoms with E-state index >= 15 is 0 Å². The minimum absolute atomic E-state index is 0.114. The van der Waals surface area contributed by atoms with E-state index in [9.17, 15) is 0 Å². The summed E-state index contributed by atoms with van der Waals surface area (Å²) >= 11 is 0. The molecular weight excluding hydrogens is 236 g/mol. The Hall–Kier alpha value is -0.120. The van der Waals surface area contributed by atoms with Crippen LogP contribution >= 0.6 is 0 Å². The van der Waals surface area contributed by atoms with E-state index in [0.29, 0.717) is 0 Å². The van der Waals surface area contributed by atoms with Crippen LogP contribution in [0.5, 0.6) is 0 Å². The summed E-state index contributed by atoms with van der Waals surface area (Å²) in [6.45, 7) is 23.8. The van der Waals surface area contributed by atoms with Crippen molar-refractivity contribution in [1.29, 1.82) is 0 Å². The zero-order valence-electron chi connectivity index (χ0n) is 14.5. The summed E-state index contributed by atoms with van der Waals surface area (Å²) in [7, 11) is 0. The molecule has 0 bridgehead atoms. The molecule has 0 amide bonds. The van der Waals surface area contributed by atoms with Gasteiger partial charge in [0.1, 0.15) is 0 Å². The molecule has 0 aromatic heterocycles. The number of nitrogens with zero attached hydrogens (tertiary/aromatic N) is 2. The summed E-state index contributed by atoms with van der Waals surface area (Å²) in [5.41, 5.74) is 0.228. The van der Waals surface area contributed by atoms with Gasteiger partial charge in [0.05, 0.1) is 13.2 Å². The van der Waals surface area contributed by atoms with Crippen LogP contribution < -0.4 is 0 Å². The lowest BCUT2D eigenvalue weighted by Crippen LogP contribution is -2.50. The minimum atomic E-state index is 0.114. The highest BCUT2D eigenvalue weighted by atomic mass is 16.5. The van der Waals surface area contributed by atoms with Crippen molar-refractivity contribution in [3.05, 3.63) is 0 Å². The summed E-state index contributed by atoms with van der Waals surface area (Å²) in [4.78, 5) is 4.91. The van der Waals surface area contributed by atoms with Crippen LogP contribution in [-0.4, -0.2) is 60.3 Å². The van der Waals surface area contributed by atoms with Crippen LogP contribution in [0.15, 0.2) is 0 Å². The highest BCUT2D eigenvalue weighted by Gasteiger charge is 2.28. The van der Waals surface area contributed by atoms with Crippen molar-refractivity contribution in [3.8, 4) is 0 Å².